The van der Waals surface area contributed by atoms with Crippen LogP contribution in [0.15, 0.2) is 60.7 Å². The largest absolute Gasteiger partial charge is 0.497 e. The number of methoxy groups -OCH3 is 2. The molecule has 0 aromatic heterocycles. The van der Waals surface area contributed by atoms with Crippen LogP contribution in [0.1, 0.15) is 35.4 Å². The molecule has 10 heteroatoms. The minimum absolute atomic E-state index is 0.0340. The molecule has 2 aromatic rings. The number of hydrogen-bond acceptors (Lipinski definition) is 8. The Labute approximate surface area is 239 Å². The maximum absolute atomic E-state index is 13.5. The van der Waals surface area contributed by atoms with E-state index < -0.39 is 30.1 Å². The molecule has 1 aliphatic carbocycles. The summed E-state index contributed by atoms with van der Waals surface area (Å²) in [5, 5.41) is 33.6. The first-order valence-corrected chi connectivity index (χ1v) is 13.7. The summed E-state index contributed by atoms with van der Waals surface area (Å²) in [6.45, 7) is 3.53. The summed E-state index contributed by atoms with van der Waals surface area (Å²) < 4.78 is 17.1. The highest BCUT2D eigenvalue weighted by molar-refractivity contribution is 5.96. The molecule has 0 saturated heterocycles. The number of allylic oxidation sites excluding steroid dienone is 1. The van der Waals surface area contributed by atoms with E-state index in [1.807, 2.05) is 24.3 Å². The zero-order valence-electron chi connectivity index (χ0n) is 23.4. The third-order valence-electron chi connectivity index (χ3n) is 7.51. The summed E-state index contributed by atoms with van der Waals surface area (Å²) in [6, 6.07) is 10.1. The Morgan fingerprint density at radius 1 is 1.15 bits per heavy atom. The van der Waals surface area contributed by atoms with Gasteiger partial charge in [0.1, 0.15) is 18.0 Å². The second-order valence-electron chi connectivity index (χ2n) is 10.0. The molecule has 1 heterocycles. The monoisotopic (exact) mass is 566 g/mol. The molecule has 2 aromatic carbocycles. The minimum Gasteiger partial charge on any atom is -0.497 e. The summed E-state index contributed by atoms with van der Waals surface area (Å²) in [5.74, 6) is 0.125. The van der Waals surface area contributed by atoms with Crippen LogP contribution in [0.2, 0.25) is 0 Å². The highest BCUT2D eigenvalue weighted by Crippen LogP contribution is 2.51. The van der Waals surface area contributed by atoms with Crippen molar-refractivity contribution < 1.29 is 39.1 Å². The van der Waals surface area contributed by atoms with Gasteiger partial charge in [-0.3, -0.25) is 9.59 Å². The highest BCUT2D eigenvalue weighted by atomic mass is 16.5. The molecule has 4 unspecified atom stereocenters. The molecule has 2 amide bonds. The third-order valence-corrected chi connectivity index (χ3v) is 7.51. The van der Waals surface area contributed by atoms with E-state index in [9.17, 15) is 24.9 Å². The average molecular weight is 567 g/mol. The van der Waals surface area contributed by atoms with Crippen LogP contribution in [0.5, 0.6) is 17.2 Å². The molecule has 4 N–H and O–H groups in total. The Hall–Kier alpha value is -3.86. The second kappa shape index (κ2) is 13.7. The normalized spacial score (nSPS) is 20.7. The van der Waals surface area contributed by atoms with Gasteiger partial charge in [-0.2, -0.15) is 0 Å². The van der Waals surface area contributed by atoms with Gasteiger partial charge in [-0.05, 0) is 54.3 Å². The number of nitrogens with zero attached hydrogens (tertiary/aromatic N) is 1. The number of benzene rings is 2. The smallest absolute Gasteiger partial charge is 0.247 e. The van der Waals surface area contributed by atoms with Gasteiger partial charge in [0, 0.05) is 30.6 Å². The lowest BCUT2D eigenvalue weighted by molar-refractivity contribution is -0.137. The lowest BCUT2D eigenvalue weighted by Gasteiger charge is -2.41. The summed E-state index contributed by atoms with van der Waals surface area (Å²) >= 11 is 0. The Kier molecular flexibility index (Phi) is 10.0. The molecule has 0 saturated carbocycles. The summed E-state index contributed by atoms with van der Waals surface area (Å²) in [6.07, 6.45) is 2.35. The summed E-state index contributed by atoms with van der Waals surface area (Å²) in [5.41, 5.74) is 2.42. The molecule has 4 rings (SSSR count). The van der Waals surface area contributed by atoms with Crippen LogP contribution in [0, 0.1) is 0 Å². The molecule has 0 spiro atoms. The number of carbonyl (C=O) groups excluding carboxylic acids is 2. The number of amides is 2. The first kappa shape index (κ1) is 30.1. The van der Waals surface area contributed by atoms with Crippen molar-refractivity contribution in [1.82, 2.24) is 10.2 Å². The molecule has 41 heavy (non-hydrogen) atoms. The number of fused-ring (bicyclic) bond motifs is 3. The molecule has 4 atom stereocenters. The Morgan fingerprint density at radius 3 is 2.63 bits per heavy atom. The van der Waals surface area contributed by atoms with Crippen molar-refractivity contribution in [3.8, 4) is 17.2 Å². The predicted octanol–water partition coefficient (Wildman–Crippen LogP) is 1.86. The Morgan fingerprint density at radius 2 is 1.95 bits per heavy atom. The topological polar surface area (TPSA) is 138 Å². The number of hydrogen-bond donors (Lipinski definition) is 4. The van der Waals surface area contributed by atoms with Crippen molar-refractivity contribution in [2.24, 2.45) is 0 Å². The fraction of sp³-hybridized carbons (Fsp3) is 0.419. The van der Waals surface area contributed by atoms with E-state index in [-0.39, 0.29) is 38.6 Å². The van der Waals surface area contributed by atoms with E-state index in [0.717, 1.165) is 5.56 Å². The Balaban J connectivity index is 1.75. The van der Waals surface area contributed by atoms with E-state index in [0.29, 0.717) is 46.8 Å². The maximum Gasteiger partial charge on any atom is 0.247 e. The number of rotatable bonds is 13. The van der Waals surface area contributed by atoms with Gasteiger partial charge in [-0.25, -0.2) is 0 Å². The predicted molar refractivity (Wildman–Crippen MR) is 152 cm³/mol. The number of carbonyl (C=O) groups is 2. The first-order valence-electron chi connectivity index (χ1n) is 13.7. The molecule has 10 nitrogen and oxygen atoms in total. The van der Waals surface area contributed by atoms with Crippen molar-refractivity contribution in [2.45, 2.75) is 50.0 Å². The van der Waals surface area contributed by atoms with E-state index in [4.69, 9.17) is 14.2 Å². The number of aliphatic hydroxyl groups excluding tert-OH is 3. The third kappa shape index (κ3) is 6.40. The minimum atomic E-state index is -1.18. The fourth-order valence-electron chi connectivity index (χ4n) is 5.51. The van der Waals surface area contributed by atoms with Gasteiger partial charge in [-0.1, -0.05) is 18.2 Å². The van der Waals surface area contributed by atoms with Crippen molar-refractivity contribution in [3.05, 3.63) is 77.4 Å². The molecule has 0 bridgehead atoms. The fourth-order valence-corrected chi connectivity index (χ4v) is 5.51. The van der Waals surface area contributed by atoms with E-state index >= 15 is 0 Å². The van der Waals surface area contributed by atoms with E-state index in [1.54, 1.807) is 36.3 Å². The van der Waals surface area contributed by atoms with E-state index in [1.165, 1.54) is 7.11 Å². The van der Waals surface area contributed by atoms with Crippen molar-refractivity contribution in [2.75, 3.05) is 33.9 Å². The molecular formula is C31H38N2O8. The zero-order valence-corrected chi connectivity index (χ0v) is 23.4. The standard InChI is InChI=1S/C31H38N2O8/c1-4-5-9-26(36)33(12-10-19-7-6-8-21(14-19)39-2)24-17-23(31(38)32-11-13-34)27-22-15-20(18-35)16-25(40-3)29(22)41-30(27)28(24)37/h4,6-8,14-17,24,27-28,30,34-35,37H,1,5,9-13,18H2,2-3H3,(H,32,38). The van der Waals surface area contributed by atoms with Crippen LogP contribution in [0.25, 0.3) is 0 Å². The summed E-state index contributed by atoms with van der Waals surface area (Å²) in [4.78, 5) is 28.6. The molecule has 0 fully saturated rings. The van der Waals surface area contributed by atoms with Crippen LogP contribution in [-0.2, 0) is 22.6 Å². The van der Waals surface area contributed by atoms with Crippen LogP contribution in [0.4, 0.5) is 0 Å². The van der Waals surface area contributed by atoms with Gasteiger partial charge in [0.05, 0.1) is 39.4 Å². The van der Waals surface area contributed by atoms with Crippen LogP contribution >= 0.6 is 0 Å². The van der Waals surface area contributed by atoms with Crippen molar-refractivity contribution in [1.29, 1.82) is 0 Å². The van der Waals surface area contributed by atoms with Crippen LogP contribution < -0.4 is 19.5 Å². The van der Waals surface area contributed by atoms with Gasteiger partial charge < -0.3 is 39.7 Å². The SMILES string of the molecule is C=CCCC(=O)N(CCc1cccc(OC)c1)C1C=C(C(=O)NCCO)C2c3cc(CO)cc(OC)c3OC2C1O. The van der Waals surface area contributed by atoms with E-state index in [2.05, 4.69) is 11.9 Å². The molecule has 1 aliphatic heterocycles. The summed E-state index contributed by atoms with van der Waals surface area (Å²) in [7, 11) is 3.07. The second-order valence-corrected chi connectivity index (χ2v) is 10.0. The number of nitrogens with one attached hydrogen (secondary N) is 1. The maximum atomic E-state index is 13.5. The van der Waals surface area contributed by atoms with Gasteiger partial charge in [0.25, 0.3) is 0 Å². The highest BCUT2D eigenvalue weighted by Gasteiger charge is 2.51. The molecular weight excluding hydrogens is 528 g/mol. The van der Waals surface area contributed by atoms with Crippen molar-refractivity contribution >= 4 is 11.8 Å². The number of aliphatic hydroxyl groups is 3. The van der Waals surface area contributed by atoms with Gasteiger partial charge in [0.15, 0.2) is 11.5 Å². The Bertz CT molecular complexity index is 1290. The van der Waals surface area contributed by atoms with Gasteiger partial charge in [0.2, 0.25) is 11.8 Å². The first-order chi connectivity index (χ1) is 19.9. The number of ether oxygens (including phenoxy) is 3. The lowest BCUT2D eigenvalue weighted by atomic mass is 9.77. The van der Waals surface area contributed by atoms with Gasteiger partial charge in [-0.15, -0.1) is 6.58 Å². The van der Waals surface area contributed by atoms with Gasteiger partial charge >= 0.3 is 0 Å². The van der Waals surface area contributed by atoms with Crippen LogP contribution in [-0.4, -0.2) is 84.2 Å². The quantitative estimate of drug-likeness (QED) is 0.270. The van der Waals surface area contributed by atoms with Crippen LogP contribution in [0.3, 0.4) is 0 Å². The lowest BCUT2D eigenvalue weighted by Crippen LogP contribution is -2.56. The molecule has 2 aliphatic rings. The molecule has 0 radical (unpaired) electrons. The average Bonchev–Trinajstić information content (AvgIpc) is 3.39. The molecule has 220 valence electrons. The van der Waals surface area contributed by atoms with Crippen molar-refractivity contribution in [3.63, 3.8) is 0 Å². The zero-order chi connectivity index (χ0) is 29.5.